The van der Waals surface area contributed by atoms with Gasteiger partial charge in [0.1, 0.15) is 0 Å². The molecule has 0 saturated carbocycles. The molecule has 0 aliphatic carbocycles. The lowest BCUT2D eigenvalue weighted by molar-refractivity contribution is -0.138. The van der Waals surface area contributed by atoms with E-state index in [1.165, 1.54) is 22.3 Å². The summed E-state index contributed by atoms with van der Waals surface area (Å²) in [5, 5.41) is 3.50. The highest BCUT2D eigenvalue weighted by Gasteiger charge is 1.99. The van der Waals surface area contributed by atoms with Gasteiger partial charge in [0, 0.05) is 19.2 Å². The van der Waals surface area contributed by atoms with Crippen LogP contribution in [0.4, 0.5) is 0 Å². The standard InChI is InChI=1S/C16H19N.C5H7ClO2/c1-13-7-3-5-9-15(13)11-17-12-16-10-6-4-8-14(16)2;1-3-5(7)8-4(2)6/h3-10,17H,11-12H2,1-2H3;3-4H,1H2,2H3. The van der Waals surface area contributed by atoms with E-state index in [0.717, 1.165) is 19.2 Å². The maximum Gasteiger partial charge on any atom is 0.331 e. The number of rotatable bonds is 6. The van der Waals surface area contributed by atoms with Crippen molar-refractivity contribution in [3.05, 3.63) is 83.4 Å². The predicted octanol–water partition coefficient (Wildman–Crippen LogP) is 4.89. The average Bonchev–Trinajstić information content (AvgIpc) is 2.58. The smallest absolute Gasteiger partial charge is 0.331 e. The van der Waals surface area contributed by atoms with Crippen LogP contribution in [0.25, 0.3) is 0 Å². The summed E-state index contributed by atoms with van der Waals surface area (Å²) in [6.07, 6.45) is 1.07. The van der Waals surface area contributed by atoms with Crippen molar-refractivity contribution in [2.24, 2.45) is 0 Å². The summed E-state index contributed by atoms with van der Waals surface area (Å²) < 4.78 is 4.41. The third-order valence-corrected chi connectivity index (χ3v) is 3.69. The molecule has 0 bridgehead atoms. The number of hydrogen-bond acceptors (Lipinski definition) is 3. The minimum atomic E-state index is -0.569. The number of alkyl halides is 1. The number of nitrogens with one attached hydrogen (secondary N) is 1. The van der Waals surface area contributed by atoms with E-state index in [2.05, 4.69) is 79.0 Å². The fraction of sp³-hybridized carbons (Fsp3) is 0.286. The molecule has 0 fully saturated rings. The lowest BCUT2D eigenvalue weighted by Gasteiger charge is -2.09. The van der Waals surface area contributed by atoms with Gasteiger partial charge in [-0.2, -0.15) is 0 Å². The van der Waals surface area contributed by atoms with Crippen LogP contribution in [0.3, 0.4) is 0 Å². The maximum atomic E-state index is 10.2. The maximum absolute atomic E-state index is 10.2. The quantitative estimate of drug-likeness (QED) is 0.453. The third-order valence-electron chi connectivity index (χ3n) is 3.60. The van der Waals surface area contributed by atoms with Gasteiger partial charge >= 0.3 is 5.97 Å². The SMILES string of the molecule is C=CC(=O)OC(C)Cl.Cc1ccccc1CNCc1ccccc1C. The fourth-order valence-electron chi connectivity index (χ4n) is 2.16. The first-order chi connectivity index (χ1) is 11.9. The van der Waals surface area contributed by atoms with Gasteiger partial charge < -0.3 is 10.1 Å². The van der Waals surface area contributed by atoms with E-state index in [4.69, 9.17) is 11.6 Å². The second-order valence-electron chi connectivity index (χ2n) is 5.64. The Balaban J connectivity index is 0.000000333. The van der Waals surface area contributed by atoms with E-state index >= 15 is 0 Å². The number of halogens is 1. The van der Waals surface area contributed by atoms with E-state index in [-0.39, 0.29) is 0 Å². The van der Waals surface area contributed by atoms with Crippen molar-refractivity contribution in [2.45, 2.75) is 39.4 Å². The molecule has 2 aromatic rings. The van der Waals surface area contributed by atoms with E-state index in [1.54, 1.807) is 6.92 Å². The Morgan fingerprint density at radius 3 is 1.84 bits per heavy atom. The lowest BCUT2D eigenvalue weighted by Crippen LogP contribution is -2.14. The topological polar surface area (TPSA) is 38.3 Å². The molecular formula is C21H26ClNO2. The van der Waals surface area contributed by atoms with Crippen LogP contribution in [-0.4, -0.2) is 11.5 Å². The van der Waals surface area contributed by atoms with Gasteiger partial charge in [0.2, 0.25) is 0 Å². The van der Waals surface area contributed by atoms with Crippen LogP contribution in [0.15, 0.2) is 61.2 Å². The molecule has 3 nitrogen and oxygen atoms in total. The molecule has 0 heterocycles. The molecule has 4 heteroatoms. The molecule has 0 aliphatic heterocycles. The zero-order chi connectivity index (χ0) is 18.7. The first kappa shape index (κ1) is 20.9. The third kappa shape index (κ3) is 8.52. The molecular weight excluding hydrogens is 334 g/mol. The van der Waals surface area contributed by atoms with Crippen molar-refractivity contribution in [3.63, 3.8) is 0 Å². The molecule has 134 valence electrons. The van der Waals surface area contributed by atoms with Gasteiger partial charge in [0.25, 0.3) is 0 Å². The molecule has 1 unspecified atom stereocenters. The number of esters is 1. The van der Waals surface area contributed by atoms with Crippen molar-refractivity contribution < 1.29 is 9.53 Å². The second-order valence-corrected chi connectivity index (χ2v) is 6.26. The zero-order valence-electron chi connectivity index (χ0n) is 15.1. The molecule has 1 N–H and O–H groups in total. The Morgan fingerprint density at radius 2 is 1.52 bits per heavy atom. The van der Waals surface area contributed by atoms with Gasteiger partial charge in [-0.15, -0.1) is 0 Å². The Morgan fingerprint density at radius 1 is 1.08 bits per heavy atom. The minimum Gasteiger partial charge on any atom is -0.443 e. The normalized spacial score (nSPS) is 11.0. The summed E-state index contributed by atoms with van der Waals surface area (Å²) >= 11 is 5.26. The number of hydrogen-bond donors (Lipinski definition) is 1. The van der Waals surface area contributed by atoms with E-state index in [9.17, 15) is 4.79 Å². The van der Waals surface area contributed by atoms with Crippen LogP contribution in [0.2, 0.25) is 0 Å². The van der Waals surface area contributed by atoms with Gasteiger partial charge in [-0.05, 0) is 43.0 Å². The average molecular weight is 360 g/mol. The van der Waals surface area contributed by atoms with Crippen molar-refractivity contribution in [2.75, 3.05) is 0 Å². The molecule has 2 rings (SSSR count). The summed E-state index contributed by atoms with van der Waals surface area (Å²) in [7, 11) is 0. The largest absolute Gasteiger partial charge is 0.443 e. The van der Waals surface area contributed by atoms with E-state index < -0.39 is 11.5 Å². The van der Waals surface area contributed by atoms with E-state index in [0.29, 0.717) is 0 Å². The molecule has 0 aliphatic rings. The van der Waals surface area contributed by atoms with Crippen molar-refractivity contribution >= 4 is 17.6 Å². The minimum absolute atomic E-state index is 0.493. The van der Waals surface area contributed by atoms with Gasteiger partial charge in [-0.1, -0.05) is 66.7 Å². The van der Waals surface area contributed by atoms with Crippen molar-refractivity contribution in [1.29, 1.82) is 0 Å². The predicted molar refractivity (Wildman–Crippen MR) is 105 cm³/mol. The first-order valence-corrected chi connectivity index (χ1v) is 8.64. The zero-order valence-corrected chi connectivity index (χ0v) is 15.8. The molecule has 25 heavy (non-hydrogen) atoms. The summed E-state index contributed by atoms with van der Waals surface area (Å²) in [6.45, 7) is 10.9. The highest BCUT2D eigenvalue weighted by atomic mass is 35.5. The van der Waals surface area contributed by atoms with Crippen molar-refractivity contribution in [3.8, 4) is 0 Å². The Bertz CT molecular complexity index is 638. The van der Waals surface area contributed by atoms with Gasteiger partial charge in [0.05, 0.1) is 0 Å². The first-order valence-electron chi connectivity index (χ1n) is 8.21. The molecule has 0 aromatic heterocycles. The second kappa shape index (κ2) is 11.5. The molecule has 0 radical (unpaired) electrons. The monoisotopic (exact) mass is 359 g/mol. The van der Waals surface area contributed by atoms with Crippen LogP contribution >= 0.6 is 11.6 Å². The molecule has 0 spiro atoms. The number of benzene rings is 2. The lowest BCUT2D eigenvalue weighted by atomic mass is 10.1. The summed E-state index contributed by atoms with van der Waals surface area (Å²) in [4.78, 5) is 10.2. The van der Waals surface area contributed by atoms with Gasteiger partial charge in [0.15, 0.2) is 5.56 Å². The molecule has 0 amide bonds. The van der Waals surface area contributed by atoms with Crippen LogP contribution in [0.1, 0.15) is 29.2 Å². The number of carbonyl (C=O) groups excluding carboxylic acids is 1. The highest BCUT2D eigenvalue weighted by Crippen LogP contribution is 2.09. The summed E-state index contributed by atoms with van der Waals surface area (Å²) in [5.41, 5.74) is 4.89. The van der Waals surface area contributed by atoms with Crippen LogP contribution in [0, 0.1) is 13.8 Å². The Labute approximate surface area is 155 Å². The van der Waals surface area contributed by atoms with Crippen LogP contribution in [-0.2, 0) is 22.6 Å². The highest BCUT2D eigenvalue weighted by molar-refractivity contribution is 6.20. The fourth-order valence-corrected chi connectivity index (χ4v) is 2.24. The number of aryl methyl sites for hydroxylation is 2. The van der Waals surface area contributed by atoms with Crippen molar-refractivity contribution in [1.82, 2.24) is 5.32 Å². The summed E-state index contributed by atoms with van der Waals surface area (Å²) in [5.74, 6) is -0.493. The van der Waals surface area contributed by atoms with E-state index in [1.807, 2.05) is 0 Å². The number of carbonyl (C=O) groups is 1. The summed E-state index contributed by atoms with van der Waals surface area (Å²) in [6, 6.07) is 17.0. The Hall–Kier alpha value is -2.10. The molecule has 0 saturated heterocycles. The number of ether oxygens (including phenoxy) is 1. The molecule has 1 atom stereocenters. The molecule has 2 aromatic carbocycles. The van der Waals surface area contributed by atoms with Gasteiger partial charge in [-0.3, -0.25) is 0 Å². The Kier molecular flexibility index (Phi) is 9.60. The van der Waals surface area contributed by atoms with Crippen LogP contribution < -0.4 is 5.32 Å². The van der Waals surface area contributed by atoms with Gasteiger partial charge in [-0.25, -0.2) is 4.79 Å². The van der Waals surface area contributed by atoms with Crippen LogP contribution in [0.5, 0.6) is 0 Å².